The average molecular weight is 288 g/mol. The Balaban J connectivity index is 2.24. The van der Waals surface area contributed by atoms with Crippen LogP contribution in [0.25, 0.3) is 0 Å². The lowest BCUT2D eigenvalue weighted by Gasteiger charge is -2.10. The second-order valence-electron chi connectivity index (χ2n) is 4.67. The van der Waals surface area contributed by atoms with Gasteiger partial charge in [-0.2, -0.15) is 0 Å². The molecule has 3 N–H and O–H groups in total. The van der Waals surface area contributed by atoms with Crippen molar-refractivity contribution in [3.63, 3.8) is 0 Å². The van der Waals surface area contributed by atoms with Crippen LogP contribution in [0.3, 0.4) is 0 Å². The van der Waals surface area contributed by atoms with Crippen molar-refractivity contribution in [3.05, 3.63) is 59.2 Å². The summed E-state index contributed by atoms with van der Waals surface area (Å²) in [7, 11) is 1.47. The Labute approximate surface area is 122 Å². The number of carboxylic acid groups (broad SMARTS) is 1. The van der Waals surface area contributed by atoms with Gasteiger partial charge in [0.05, 0.1) is 7.11 Å². The number of ether oxygens (including phenoxy) is 1. The van der Waals surface area contributed by atoms with Crippen molar-refractivity contribution < 1.29 is 24.9 Å². The number of rotatable bonds is 5. The van der Waals surface area contributed by atoms with Gasteiger partial charge in [0.25, 0.3) is 0 Å². The zero-order valence-electron chi connectivity index (χ0n) is 11.5. The van der Waals surface area contributed by atoms with Gasteiger partial charge in [0.2, 0.25) is 0 Å². The van der Waals surface area contributed by atoms with E-state index in [1.165, 1.54) is 7.11 Å². The standard InChI is InChI=1S/C16H16O5/c1-21-14-9-11(5-6-13(14)17)7-10-3-2-4-12(8-10)15(18)16(19)20/h2-6,8-9,15,17-18H,7H2,1H3,(H,19,20). The van der Waals surface area contributed by atoms with Crippen LogP contribution in [0.2, 0.25) is 0 Å². The first kappa shape index (κ1) is 14.9. The predicted molar refractivity (Wildman–Crippen MR) is 76.5 cm³/mol. The van der Waals surface area contributed by atoms with Crippen LogP contribution in [0, 0.1) is 0 Å². The lowest BCUT2D eigenvalue weighted by atomic mass is 10.0. The van der Waals surface area contributed by atoms with Crippen LogP contribution in [0.4, 0.5) is 0 Å². The van der Waals surface area contributed by atoms with E-state index in [1.54, 1.807) is 36.4 Å². The smallest absolute Gasteiger partial charge is 0.337 e. The molecule has 5 nitrogen and oxygen atoms in total. The van der Waals surface area contributed by atoms with Crippen LogP contribution >= 0.6 is 0 Å². The van der Waals surface area contributed by atoms with Gasteiger partial charge in [-0.1, -0.05) is 30.3 Å². The first-order valence-electron chi connectivity index (χ1n) is 6.37. The molecule has 0 spiro atoms. The number of phenols is 1. The number of carbonyl (C=O) groups is 1. The first-order valence-corrected chi connectivity index (χ1v) is 6.37. The molecular weight excluding hydrogens is 272 g/mol. The molecule has 2 aromatic rings. The molecule has 0 heterocycles. The molecule has 0 amide bonds. The Morgan fingerprint density at radius 3 is 2.57 bits per heavy atom. The number of phenolic OH excluding ortho intramolecular Hbond substituents is 1. The summed E-state index contributed by atoms with van der Waals surface area (Å²) in [6.07, 6.45) is -0.990. The van der Waals surface area contributed by atoms with Gasteiger partial charge in [-0.25, -0.2) is 4.79 Å². The van der Waals surface area contributed by atoms with Crippen molar-refractivity contribution in [3.8, 4) is 11.5 Å². The molecule has 0 aliphatic heterocycles. The van der Waals surface area contributed by atoms with E-state index >= 15 is 0 Å². The molecule has 0 aliphatic carbocycles. The number of benzene rings is 2. The maximum Gasteiger partial charge on any atom is 0.337 e. The Kier molecular flexibility index (Phi) is 4.45. The van der Waals surface area contributed by atoms with Crippen molar-refractivity contribution >= 4 is 5.97 Å². The van der Waals surface area contributed by atoms with Crippen LogP contribution in [-0.4, -0.2) is 28.4 Å². The summed E-state index contributed by atoms with van der Waals surface area (Å²) in [5.41, 5.74) is 2.11. The van der Waals surface area contributed by atoms with Crippen LogP contribution in [0.1, 0.15) is 22.8 Å². The maximum atomic E-state index is 10.8. The molecule has 0 saturated heterocycles. The highest BCUT2D eigenvalue weighted by atomic mass is 16.5. The minimum Gasteiger partial charge on any atom is -0.504 e. The van der Waals surface area contributed by atoms with E-state index in [4.69, 9.17) is 9.84 Å². The number of carboxylic acids is 1. The fourth-order valence-electron chi connectivity index (χ4n) is 2.08. The van der Waals surface area contributed by atoms with Crippen molar-refractivity contribution in [2.24, 2.45) is 0 Å². The first-order chi connectivity index (χ1) is 10.0. The fraction of sp³-hybridized carbons (Fsp3) is 0.188. The fourth-order valence-corrected chi connectivity index (χ4v) is 2.08. The molecule has 110 valence electrons. The number of aliphatic hydroxyl groups is 1. The molecule has 0 radical (unpaired) electrons. The minimum atomic E-state index is -1.53. The number of aliphatic hydroxyl groups excluding tert-OH is 1. The van der Waals surface area contributed by atoms with Gasteiger partial charge in [-0.15, -0.1) is 0 Å². The molecule has 1 unspecified atom stereocenters. The van der Waals surface area contributed by atoms with E-state index in [0.29, 0.717) is 17.7 Å². The molecule has 21 heavy (non-hydrogen) atoms. The van der Waals surface area contributed by atoms with Crippen molar-refractivity contribution in [1.82, 2.24) is 0 Å². The second-order valence-corrected chi connectivity index (χ2v) is 4.67. The quantitative estimate of drug-likeness (QED) is 0.784. The van der Waals surface area contributed by atoms with E-state index in [2.05, 4.69) is 0 Å². The second kappa shape index (κ2) is 6.28. The zero-order valence-corrected chi connectivity index (χ0v) is 11.5. The van der Waals surface area contributed by atoms with Crippen molar-refractivity contribution in [2.45, 2.75) is 12.5 Å². The van der Waals surface area contributed by atoms with Crippen LogP contribution in [0.15, 0.2) is 42.5 Å². The topological polar surface area (TPSA) is 87.0 Å². The SMILES string of the molecule is COc1cc(Cc2cccc(C(O)C(=O)O)c2)ccc1O. The largest absolute Gasteiger partial charge is 0.504 e. The van der Waals surface area contributed by atoms with Gasteiger partial charge in [0.15, 0.2) is 17.6 Å². The molecule has 0 bridgehead atoms. The average Bonchev–Trinajstić information content (AvgIpc) is 2.48. The molecule has 5 heteroatoms. The van der Waals surface area contributed by atoms with Gasteiger partial charge in [-0.3, -0.25) is 0 Å². The summed E-state index contributed by atoms with van der Waals surface area (Å²) < 4.78 is 5.05. The van der Waals surface area contributed by atoms with Gasteiger partial charge in [-0.05, 0) is 35.2 Å². The van der Waals surface area contributed by atoms with Crippen LogP contribution < -0.4 is 4.74 Å². The molecule has 0 saturated carbocycles. The summed E-state index contributed by atoms with van der Waals surface area (Å²) >= 11 is 0. The van der Waals surface area contributed by atoms with Gasteiger partial charge in [0, 0.05) is 0 Å². The Hall–Kier alpha value is -2.53. The van der Waals surface area contributed by atoms with E-state index in [0.717, 1.165) is 11.1 Å². The highest BCUT2D eigenvalue weighted by molar-refractivity contribution is 5.74. The third-order valence-corrected chi connectivity index (χ3v) is 3.15. The summed E-state index contributed by atoms with van der Waals surface area (Å²) in [5, 5.41) is 27.9. The van der Waals surface area contributed by atoms with Crippen molar-refractivity contribution in [2.75, 3.05) is 7.11 Å². The highest BCUT2D eigenvalue weighted by Gasteiger charge is 2.15. The molecular formula is C16H16O5. The minimum absolute atomic E-state index is 0.0660. The van der Waals surface area contributed by atoms with Gasteiger partial charge < -0.3 is 20.1 Å². The van der Waals surface area contributed by atoms with E-state index in [-0.39, 0.29) is 5.75 Å². The third kappa shape index (κ3) is 3.52. The van der Waals surface area contributed by atoms with E-state index < -0.39 is 12.1 Å². The number of aromatic hydroxyl groups is 1. The lowest BCUT2D eigenvalue weighted by molar-refractivity contribution is -0.146. The predicted octanol–water partition coefficient (Wildman–Crippen LogP) is 2.11. The third-order valence-electron chi connectivity index (χ3n) is 3.15. The van der Waals surface area contributed by atoms with Gasteiger partial charge in [0.1, 0.15) is 0 Å². The zero-order chi connectivity index (χ0) is 15.4. The Morgan fingerprint density at radius 2 is 1.90 bits per heavy atom. The summed E-state index contributed by atoms with van der Waals surface area (Å²) in [6, 6.07) is 11.8. The lowest BCUT2D eigenvalue weighted by Crippen LogP contribution is -2.10. The number of methoxy groups -OCH3 is 1. The molecule has 0 aromatic heterocycles. The molecule has 2 rings (SSSR count). The molecule has 0 fully saturated rings. The van der Waals surface area contributed by atoms with E-state index in [1.807, 2.05) is 6.07 Å². The van der Waals surface area contributed by atoms with Gasteiger partial charge >= 0.3 is 5.97 Å². The molecule has 0 aliphatic rings. The molecule has 2 aromatic carbocycles. The van der Waals surface area contributed by atoms with Crippen LogP contribution in [0.5, 0.6) is 11.5 Å². The molecule has 1 atom stereocenters. The maximum absolute atomic E-state index is 10.8. The van der Waals surface area contributed by atoms with Crippen molar-refractivity contribution in [1.29, 1.82) is 0 Å². The van der Waals surface area contributed by atoms with E-state index in [9.17, 15) is 15.0 Å². The number of hydrogen-bond donors (Lipinski definition) is 3. The Morgan fingerprint density at radius 1 is 1.19 bits per heavy atom. The highest BCUT2D eigenvalue weighted by Crippen LogP contribution is 2.27. The number of aliphatic carboxylic acids is 1. The normalized spacial score (nSPS) is 11.9. The summed E-state index contributed by atoms with van der Waals surface area (Å²) in [6.45, 7) is 0. The van der Waals surface area contributed by atoms with Crippen LogP contribution in [-0.2, 0) is 11.2 Å². The number of hydrogen-bond acceptors (Lipinski definition) is 4. The Bertz CT molecular complexity index is 651. The summed E-state index contributed by atoms with van der Waals surface area (Å²) in [4.78, 5) is 10.8. The summed E-state index contributed by atoms with van der Waals surface area (Å²) in [5.74, 6) is -0.830. The monoisotopic (exact) mass is 288 g/mol.